The van der Waals surface area contributed by atoms with E-state index in [1.165, 1.54) is 24.2 Å². The average Bonchev–Trinajstić information content (AvgIpc) is 3.04. The lowest BCUT2D eigenvalue weighted by Crippen LogP contribution is -2.17. The standard InChI is InChI=1S/C13H18N4O2S2/c1-9-6-15-13(20-9)16-21(18,19)12-5-11(17(2)8-12)7-14-10-3-4-10/h5-6,8,10,14H,3-4,7H2,1-2H3,(H,15,16). The molecule has 2 aromatic rings. The van der Waals surface area contributed by atoms with Crippen molar-refractivity contribution in [3.63, 3.8) is 0 Å². The maximum atomic E-state index is 12.3. The molecule has 1 saturated carbocycles. The summed E-state index contributed by atoms with van der Waals surface area (Å²) in [4.78, 5) is 5.27. The number of thiazole rings is 1. The quantitative estimate of drug-likeness (QED) is 0.849. The van der Waals surface area contributed by atoms with E-state index in [-0.39, 0.29) is 4.90 Å². The molecular weight excluding hydrogens is 308 g/mol. The topological polar surface area (TPSA) is 76.0 Å². The molecule has 6 nitrogen and oxygen atoms in total. The van der Waals surface area contributed by atoms with E-state index in [2.05, 4.69) is 15.0 Å². The van der Waals surface area contributed by atoms with Gasteiger partial charge in [0.15, 0.2) is 5.13 Å². The largest absolute Gasteiger partial charge is 0.352 e. The molecule has 8 heteroatoms. The van der Waals surface area contributed by atoms with Crippen LogP contribution in [-0.2, 0) is 23.6 Å². The van der Waals surface area contributed by atoms with Crippen LogP contribution in [0.4, 0.5) is 5.13 Å². The Morgan fingerprint density at radius 3 is 2.86 bits per heavy atom. The van der Waals surface area contributed by atoms with Crippen LogP contribution < -0.4 is 10.0 Å². The highest BCUT2D eigenvalue weighted by Crippen LogP contribution is 2.23. The summed E-state index contributed by atoms with van der Waals surface area (Å²) < 4.78 is 29.1. The number of aromatic nitrogens is 2. The van der Waals surface area contributed by atoms with Crippen LogP contribution in [0.25, 0.3) is 0 Å². The van der Waals surface area contributed by atoms with Gasteiger partial charge in [-0.25, -0.2) is 13.4 Å². The van der Waals surface area contributed by atoms with Gasteiger partial charge in [0.05, 0.1) is 0 Å². The first-order chi connectivity index (χ1) is 9.94. The summed E-state index contributed by atoms with van der Waals surface area (Å²) in [5, 5.41) is 3.78. The Bertz CT molecular complexity index is 744. The van der Waals surface area contributed by atoms with E-state index in [0.717, 1.165) is 10.6 Å². The number of hydrogen-bond acceptors (Lipinski definition) is 5. The van der Waals surface area contributed by atoms with Gasteiger partial charge < -0.3 is 9.88 Å². The van der Waals surface area contributed by atoms with Crippen LogP contribution in [0.3, 0.4) is 0 Å². The summed E-state index contributed by atoms with van der Waals surface area (Å²) >= 11 is 1.32. The lowest BCUT2D eigenvalue weighted by atomic mass is 10.4. The molecule has 1 aliphatic rings. The first-order valence-corrected chi connectivity index (χ1v) is 9.08. The third kappa shape index (κ3) is 3.45. The summed E-state index contributed by atoms with van der Waals surface area (Å²) in [6.45, 7) is 2.58. The minimum atomic E-state index is -3.58. The molecule has 0 aromatic carbocycles. The zero-order valence-corrected chi connectivity index (χ0v) is 13.6. The predicted octanol–water partition coefficient (Wildman–Crippen LogP) is 1.84. The predicted molar refractivity (Wildman–Crippen MR) is 82.9 cm³/mol. The second kappa shape index (κ2) is 5.43. The van der Waals surface area contributed by atoms with Crippen molar-refractivity contribution < 1.29 is 8.42 Å². The number of nitrogens with one attached hydrogen (secondary N) is 2. The van der Waals surface area contributed by atoms with Gasteiger partial charge in [-0.2, -0.15) is 0 Å². The number of aryl methyl sites for hydroxylation is 2. The Balaban J connectivity index is 1.76. The van der Waals surface area contributed by atoms with Crippen LogP contribution in [0.2, 0.25) is 0 Å². The Morgan fingerprint density at radius 2 is 2.24 bits per heavy atom. The van der Waals surface area contributed by atoms with Crippen LogP contribution in [0, 0.1) is 6.92 Å². The monoisotopic (exact) mass is 326 g/mol. The van der Waals surface area contributed by atoms with Crippen molar-refractivity contribution in [2.45, 2.75) is 37.2 Å². The SMILES string of the molecule is Cc1cnc(NS(=O)(=O)c2cc(CNC3CC3)n(C)c2)s1. The minimum absolute atomic E-state index is 0.269. The normalized spacial score (nSPS) is 15.3. The molecule has 0 amide bonds. The van der Waals surface area contributed by atoms with Crippen LogP contribution >= 0.6 is 11.3 Å². The molecule has 2 N–H and O–H groups in total. The molecular formula is C13H18N4O2S2. The van der Waals surface area contributed by atoms with Crippen LogP contribution in [-0.4, -0.2) is 24.0 Å². The lowest BCUT2D eigenvalue weighted by Gasteiger charge is -2.03. The van der Waals surface area contributed by atoms with Gasteiger partial charge in [-0.1, -0.05) is 0 Å². The highest BCUT2D eigenvalue weighted by atomic mass is 32.2. The third-order valence-electron chi connectivity index (χ3n) is 3.39. The molecule has 21 heavy (non-hydrogen) atoms. The lowest BCUT2D eigenvalue weighted by molar-refractivity contribution is 0.601. The summed E-state index contributed by atoms with van der Waals surface area (Å²) in [5.41, 5.74) is 0.956. The second-order valence-electron chi connectivity index (χ2n) is 5.31. The number of nitrogens with zero attached hydrogens (tertiary/aromatic N) is 2. The summed E-state index contributed by atoms with van der Waals surface area (Å²) in [6.07, 6.45) is 5.70. The highest BCUT2D eigenvalue weighted by Gasteiger charge is 2.22. The first kappa shape index (κ1) is 14.6. The maximum absolute atomic E-state index is 12.3. The van der Waals surface area contributed by atoms with Crippen LogP contribution in [0.15, 0.2) is 23.4 Å². The van der Waals surface area contributed by atoms with E-state index in [1.807, 2.05) is 18.5 Å². The fourth-order valence-electron chi connectivity index (χ4n) is 2.01. The van der Waals surface area contributed by atoms with Gasteiger partial charge in [0.25, 0.3) is 10.0 Å². The Hall–Kier alpha value is -1.38. The maximum Gasteiger partial charge on any atom is 0.265 e. The van der Waals surface area contributed by atoms with E-state index in [4.69, 9.17) is 0 Å². The molecule has 1 fully saturated rings. The molecule has 0 aliphatic heterocycles. The molecule has 0 unspecified atom stereocenters. The number of sulfonamides is 1. The zero-order valence-electron chi connectivity index (χ0n) is 12.0. The zero-order chi connectivity index (χ0) is 15.0. The second-order valence-corrected chi connectivity index (χ2v) is 8.23. The molecule has 0 saturated heterocycles. The Morgan fingerprint density at radius 1 is 1.48 bits per heavy atom. The fraction of sp³-hybridized carbons (Fsp3) is 0.462. The molecule has 0 radical (unpaired) electrons. The van der Waals surface area contributed by atoms with E-state index >= 15 is 0 Å². The number of rotatable bonds is 6. The Labute approximate surface area is 128 Å². The molecule has 1 aliphatic carbocycles. The van der Waals surface area contributed by atoms with E-state index in [9.17, 15) is 8.42 Å². The summed E-state index contributed by atoms with van der Waals surface area (Å²) in [5.74, 6) is 0. The van der Waals surface area contributed by atoms with Gasteiger partial charge in [-0.3, -0.25) is 4.72 Å². The Kier molecular flexibility index (Phi) is 3.76. The molecule has 114 valence electrons. The molecule has 2 heterocycles. The number of hydrogen-bond donors (Lipinski definition) is 2. The molecule has 2 aromatic heterocycles. The minimum Gasteiger partial charge on any atom is -0.352 e. The molecule has 0 atom stereocenters. The van der Waals surface area contributed by atoms with Gasteiger partial charge in [0, 0.05) is 42.6 Å². The van der Waals surface area contributed by atoms with Gasteiger partial charge in [0.2, 0.25) is 0 Å². The molecule has 0 spiro atoms. The van der Waals surface area contributed by atoms with Crippen molar-refractivity contribution in [3.05, 3.63) is 29.0 Å². The summed E-state index contributed by atoms with van der Waals surface area (Å²) in [7, 11) is -1.72. The fourth-order valence-corrected chi connectivity index (χ4v) is 4.01. The van der Waals surface area contributed by atoms with Crippen molar-refractivity contribution in [2.24, 2.45) is 7.05 Å². The summed E-state index contributed by atoms with van der Waals surface area (Å²) in [6, 6.07) is 2.30. The van der Waals surface area contributed by atoms with Crippen molar-refractivity contribution in [1.82, 2.24) is 14.9 Å². The van der Waals surface area contributed by atoms with Crippen LogP contribution in [0.5, 0.6) is 0 Å². The van der Waals surface area contributed by atoms with Crippen molar-refractivity contribution in [2.75, 3.05) is 4.72 Å². The van der Waals surface area contributed by atoms with Gasteiger partial charge in [-0.05, 0) is 25.8 Å². The van der Waals surface area contributed by atoms with Crippen molar-refractivity contribution >= 4 is 26.5 Å². The first-order valence-electron chi connectivity index (χ1n) is 6.78. The van der Waals surface area contributed by atoms with Gasteiger partial charge >= 0.3 is 0 Å². The van der Waals surface area contributed by atoms with Gasteiger partial charge in [-0.15, -0.1) is 11.3 Å². The number of anilines is 1. The van der Waals surface area contributed by atoms with E-state index in [0.29, 0.717) is 17.7 Å². The molecule has 3 rings (SSSR count). The van der Waals surface area contributed by atoms with E-state index in [1.54, 1.807) is 18.5 Å². The van der Waals surface area contributed by atoms with Crippen LogP contribution in [0.1, 0.15) is 23.4 Å². The smallest absolute Gasteiger partial charge is 0.265 e. The van der Waals surface area contributed by atoms with E-state index < -0.39 is 10.0 Å². The van der Waals surface area contributed by atoms with Crippen molar-refractivity contribution in [1.29, 1.82) is 0 Å². The average molecular weight is 326 g/mol. The van der Waals surface area contributed by atoms with Crippen molar-refractivity contribution in [3.8, 4) is 0 Å². The molecule has 0 bridgehead atoms. The highest BCUT2D eigenvalue weighted by molar-refractivity contribution is 7.93. The third-order valence-corrected chi connectivity index (χ3v) is 5.65. The van der Waals surface area contributed by atoms with Gasteiger partial charge in [0.1, 0.15) is 4.90 Å².